The van der Waals surface area contributed by atoms with Crippen LogP contribution in [0, 0.1) is 0 Å². The second-order valence-electron chi connectivity index (χ2n) is 6.69. The smallest absolute Gasteiger partial charge is 0.289 e. The van der Waals surface area contributed by atoms with Crippen molar-refractivity contribution in [3.8, 4) is 11.6 Å². The van der Waals surface area contributed by atoms with Crippen LogP contribution in [0.1, 0.15) is 26.3 Å². The molecular formula is C18H24ClN3O5. The molecule has 0 amide bonds. The lowest BCUT2D eigenvalue weighted by Gasteiger charge is -2.21. The first-order chi connectivity index (χ1) is 12.8. The van der Waals surface area contributed by atoms with Crippen molar-refractivity contribution in [1.29, 1.82) is 0 Å². The van der Waals surface area contributed by atoms with Gasteiger partial charge in [-0.25, -0.2) is 9.67 Å². The summed E-state index contributed by atoms with van der Waals surface area (Å²) in [6.07, 6.45) is 3.05. The molecule has 2 aromatic heterocycles. The van der Waals surface area contributed by atoms with Crippen LogP contribution in [0.3, 0.4) is 0 Å². The molecule has 0 radical (unpaired) electrons. The maximum absolute atomic E-state index is 12.3. The zero-order valence-electron chi connectivity index (χ0n) is 15.6. The molecule has 8 nitrogen and oxygen atoms in total. The summed E-state index contributed by atoms with van der Waals surface area (Å²) in [6, 6.07) is 3.51. The Balaban J connectivity index is 1.91. The third-order valence-electron chi connectivity index (χ3n) is 3.43. The van der Waals surface area contributed by atoms with Crippen molar-refractivity contribution in [2.75, 3.05) is 26.4 Å². The first-order valence-electron chi connectivity index (χ1n) is 8.50. The molecule has 0 fully saturated rings. The highest BCUT2D eigenvalue weighted by Gasteiger charge is 2.20. The molecule has 1 N–H and O–H groups in total. The van der Waals surface area contributed by atoms with Crippen molar-refractivity contribution in [3.05, 3.63) is 45.5 Å². The van der Waals surface area contributed by atoms with Gasteiger partial charge in [-0.1, -0.05) is 11.6 Å². The summed E-state index contributed by atoms with van der Waals surface area (Å²) in [7, 11) is 0. The number of aromatic nitrogens is 3. The first kappa shape index (κ1) is 21.1. The second kappa shape index (κ2) is 9.68. The number of rotatable bonds is 9. The van der Waals surface area contributed by atoms with Crippen LogP contribution in [0.2, 0.25) is 5.02 Å². The summed E-state index contributed by atoms with van der Waals surface area (Å²) in [6.45, 7) is 6.77. The fourth-order valence-electron chi connectivity index (χ4n) is 2.11. The van der Waals surface area contributed by atoms with E-state index in [1.807, 2.05) is 20.8 Å². The van der Waals surface area contributed by atoms with E-state index in [1.54, 1.807) is 18.3 Å². The Morgan fingerprint density at radius 1 is 1.15 bits per heavy atom. The van der Waals surface area contributed by atoms with Crippen LogP contribution in [-0.4, -0.2) is 46.3 Å². The summed E-state index contributed by atoms with van der Waals surface area (Å²) >= 11 is 6.13. The van der Waals surface area contributed by atoms with E-state index in [1.165, 1.54) is 10.9 Å². The quantitative estimate of drug-likeness (QED) is 0.646. The molecular weight excluding hydrogens is 374 g/mol. The largest absolute Gasteiger partial charge is 0.485 e. The number of pyridine rings is 1. The summed E-state index contributed by atoms with van der Waals surface area (Å²) in [5.41, 5.74) is -0.0794. The molecule has 0 aliphatic heterocycles. The normalized spacial score (nSPS) is 11.4. The lowest BCUT2D eigenvalue weighted by molar-refractivity contribution is 0.0695. The van der Waals surface area contributed by atoms with Crippen molar-refractivity contribution < 1.29 is 19.3 Å². The molecule has 0 aliphatic carbocycles. The van der Waals surface area contributed by atoms with Crippen molar-refractivity contribution in [2.45, 2.75) is 32.9 Å². The maximum Gasteiger partial charge on any atom is 0.289 e. The molecule has 2 aromatic rings. The molecule has 0 aromatic carbocycles. The van der Waals surface area contributed by atoms with Gasteiger partial charge < -0.3 is 19.3 Å². The molecule has 2 heterocycles. The van der Waals surface area contributed by atoms with Crippen LogP contribution in [-0.2, 0) is 16.9 Å². The lowest BCUT2D eigenvalue weighted by Crippen LogP contribution is -2.36. The Hall–Kier alpha value is -2.16. The highest BCUT2D eigenvalue weighted by Crippen LogP contribution is 2.22. The Kier molecular flexibility index (Phi) is 7.58. The minimum absolute atomic E-state index is 0.00397. The second-order valence-corrected chi connectivity index (χ2v) is 7.07. The molecule has 0 aliphatic rings. The Morgan fingerprint density at radius 3 is 2.56 bits per heavy atom. The minimum atomic E-state index is -0.470. The molecule has 0 saturated carbocycles. The van der Waals surface area contributed by atoms with Gasteiger partial charge in [0.1, 0.15) is 13.2 Å². The van der Waals surface area contributed by atoms with Crippen molar-refractivity contribution in [3.63, 3.8) is 0 Å². The van der Waals surface area contributed by atoms with Crippen LogP contribution in [0.15, 0.2) is 29.3 Å². The fourth-order valence-corrected chi connectivity index (χ4v) is 2.29. The zero-order chi connectivity index (χ0) is 19.9. The standard InChI is InChI=1S/C18H24ClN3O5/c1-18(2,3)22-17(24)16(19)14(11-21-22)27-12-13-4-5-15(20-10-13)26-9-8-25-7-6-23/h4-5,10-11,23H,6-9,12H2,1-3H3. The maximum atomic E-state index is 12.3. The zero-order valence-corrected chi connectivity index (χ0v) is 16.4. The summed E-state index contributed by atoms with van der Waals surface area (Å²) < 4.78 is 17.4. The van der Waals surface area contributed by atoms with E-state index in [-0.39, 0.29) is 30.6 Å². The van der Waals surface area contributed by atoms with Crippen LogP contribution in [0.5, 0.6) is 11.6 Å². The van der Waals surface area contributed by atoms with Crippen molar-refractivity contribution in [2.24, 2.45) is 0 Å². The van der Waals surface area contributed by atoms with Gasteiger partial charge in [0, 0.05) is 17.8 Å². The summed E-state index contributed by atoms with van der Waals surface area (Å²) in [5.74, 6) is 0.683. The molecule has 148 valence electrons. The summed E-state index contributed by atoms with van der Waals surface area (Å²) in [5, 5.41) is 12.7. The van der Waals surface area contributed by atoms with E-state index in [0.29, 0.717) is 19.1 Å². The van der Waals surface area contributed by atoms with Gasteiger partial charge in [0.2, 0.25) is 5.88 Å². The Labute approximate surface area is 162 Å². The third kappa shape index (κ3) is 6.20. The van der Waals surface area contributed by atoms with E-state index in [0.717, 1.165) is 5.56 Å². The van der Waals surface area contributed by atoms with E-state index in [9.17, 15) is 4.79 Å². The van der Waals surface area contributed by atoms with Gasteiger partial charge in [-0.2, -0.15) is 5.10 Å². The SMILES string of the molecule is CC(C)(C)n1ncc(OCc2ccc(OCCOCCO)nc2)c(Cl)c1=O. The van der Waals surface area contributed by atoms with Gasteiger partial charge in [0.15, 0.2) is 10.8 Å². The van der Waals surface area contributed by atoms with E-state index < -0.39 is 11.1 Å². The van der Waals surface area contributed by atoms with Crippen LogP contribution < -0.4 is 15.0 Å². The van der Waals surface area contributed by atoms with E-state index in [4.69, 9.17) is 30.9 Å². The topological polar surface area (TPSA) is 95.7 Å². The van der Waals surface area contributed by atoms with E-state index >= 15 is 0 Å². The van der Waals surface area contributed by atoms with Crippen LogP contribution >= 0.6 is 11.6 Å². The average Bonchev–Trinajstić information content (AvgIpc) is 2.63. The minimum Gasteiger partial charge on any atom is -0.485 e. The van der Waals surface area contributed by atoms with Gasteiger partial charge in [-0.3, -0.25) is 4.79 Å². The average molecular weight is 398 g/mol. The first-order valence-corrected chi connectivity index (χ1v) is 8.88. The molecule has 9 heteroatoms. The van der Waals surface area contributed by atoms with Crippen molar-refractivity contribution in [1.82, 2.24) is 14.8 Å². The van der Waals surface area contributed by atoms with Gasteiger partial charge in [-0.15, -0.1) is 0 Å². The monoisotopic (exact) mass is 397 g/mol. The number of aliphatic hydroxyl groups excluding tert-OH is 1. The molecule has 0 atom stereocenters. The van der Waals surface area contributed by atoms with Gasteiger partial charge in [0.05, 0.1) is 31.6 Å². The number of hydrogen-bond acceptors (Lipinski definition) is 7. The van der Waals surface area contributed by atoms with Gasteiger partial charge in [0.25, 0.3) is 5.56 Å². The van der Waals surface area contributed by atoms with E-state index in [2.05, 4.69) is 10.1 Å². The van der Waals surface area contributed by atoms with Crippen LogP contribution in [0.4, 0.5) is 0 Å². The molecule has 0 spiro atoms. The molecule has 0 bridgehead atoms. The Morgan fingerprint density at radius 2 is 1.93 bits per heavy atom. The molecule has 27 heavy (non-hydrogen) atoms. The van der Waals surface area contributed by atoms with Crippen LogP contribution in [0.25, 0.3) is 0 Å². The third-order valence-corrected chi connectivity index (χ3v) is 3.78. The van der Waals surface area contributed by atoms with Crippen molar-refractivity contribution >= 4 is 11.6 Å². The van der Waals surface area contributed by atoms with Gasteiger partial charge in [-0.05, 0) is 26.8 Å². The highest BCUT2D eigenvalue weighted by atomic mass is 35.5. The molecule has 2 rings (SSSR count). The number of hydrogen-bond donors (Lipinski definition) is 1. The molecule has 0 unspecified atom stereocenters. The Bertz CT molecular complexity index is 787. The predicted molar refractivity (Wildman–Crippen MR) is 100 cm³/mol. The number of aliphatic hydroxyl groups is 1. The molecule has 0 saturated heterocycles. The number of ether oxygens (including phenoxy) is 3. The number of halogens is 1. The fraction of sp³-hybridized carbons (Fsp3) is 0.500. The number of nitrogens with zero attached hydrogens (tertiary/aromatic N) is 3. The highest BCUT2D eigenvalue weighted by molar-refractivity contribution is 6.31. The lowest BCUT2D eigenvalue weighted by atomic mass is 10.1. The summed E-state index contributed by atoms with van der Waals surface area (Å²) in [4.78, 5) is 16.5. The van der Waals surface area contributed by atoms with Gasteiger partial charge >= 0.3 is 0 Å². The predicted octanol–water partition coefficient (Wildman–Crippen LogP) is 2.01.